The third-order valence-electron chi connectivity index (χ3n) is 4.36. The Morgan fingerprint density at radius 1 is 1.04 bits per heavy atom. The zero-order chi connectivity index (χ0) is 17.4. The number of carbonyl (C=O) groups excluding carboxylic acids is 1. The van der Waals surface area contributed by atoms with Crippen molar-refractivity contribution in [3.05, 3.63) is 35.4 Å². The molecule has 1 rings (SSSR count). The standard InChI is InChI=1S/C19H29NO3/c1-5-13(3)19(23)17(20-14(4)6-2)11-15-7-9-16(10-8-15)12-18(21)22/h7-10,13-14,17,20H,5-6,11-12H2,1-4H3,(H,21,22). The molecule has 4 nitrogen and oxygen atoms in total. The van der Waals surface area contributed by atoms with Crippen molar-refractivity contribution in [1.29, 1.82) is 0 Å². The minimum atomic E-state index is -0.832. The predicted octanol–water partition coefficient (Wildman–Crippen LogP) is 3.23. The van der Waals surface area contributed by atoms with E-state index >= 15 is 0 Å². The Hall–Kier alpha value is -1.68. The number of Topliss-reactive ketones (excluding diaryl/α,β-unsaturated/α-hetero) is 1. The minimum absolute atomic E-state index is 0.0284. The molecule has 0 bridgehead atoms. The highest BCUT2D eigenvalue weighted by atomic mass is 16.4. The van der Waals surface area contributed by atoms with Crippen molar-refractivity contribution in [2.75, 3.05) is 0 Å². The van der Waals surface area contributed by atoms with Crippen LogP contribution in [0.1, 0.15) is 51.7 Å². The quantitative estimate of drug-likeness (QED) is 0.695. The van der Waals surface area contributed by atoms with Crippen LogP contribution in [0.15, 0.2) is 24.3 Å². The lowest BCUT2D eigenvalue weighted by Crippen LogP contribution is -2.45. The molecule has 0 aliphatic carbocycles. The lowest BCUT2D eigenvalue weighted by atomic mass is 9.92. The van der Waals surface area contributed by atoms with Gasteiger partial charge in [0.2, 0.25) is 0 Å². The van der Waals surface area contributed by atoms with Crippen LogP contribution in [0.25, 0.3) is 0 Å². The molecule has 0 saturated carbocycles. The first-order valence-corrected chi connectivity index (χ1v) is 8.46. The van der Waals surface area contributed by atoms with Crippen LogP contribution in [0, 0.1) is 5.92 Å². The molecular formula is C19H29NO3. The van der Waals surface area contributed by atoms with Gasteiger partial charge >= 0.3 is 5.97 Å². The second-order valence-electron chi connectivity index (χ2n) is 6.33. The van der Waals surface area contributed by atoms with Gasteiger partial charge in [-0.3, -0.25) is 9.59 Å². The van der Waals surface area contributed by atoms with E-state index in [9.17, 15) is 9.59 Å². The molecule has 3 atom stereocenters. The molecule has 0 saturated heterocycles. The minimum Gasteiger partial charge on any atom is -0.481 e. The van der Waals surface area contributed by atoms with Crippen LogP contribution < -0.4 is 5.32 Å². The number of nitrogens with one attached hydrogen (secondary N) is 1. The maximum absolute atomic E-state index is 12.6. The average molecular weight is 319 g/mol. The maximum Gasteiger partial charge on any atom is 0.307 e. The normalized spacial score (nSPS) is 15.0. The van der Waals surface area contributed by atoms with Gasteiger partial charge < -0.3 is 10.4 Å². The Kier molecular flexibility index (Phi) is 7.96. The summed E-state index contributed by atoms with van der Waals surface area (Å²) in [6, 6.07) is 7.61. The monoisotopic (exact) mass is 319 g/mol. The third kappa shape index (κ3) is 6.53. The summed E-state index contributed by atoms with van der Waals surface area (Å²) in [6.07, 6.45) is 2.48. The van der Waals surface area contributed by atoms with Gasteiger partial charge in [0.05, 0.1) is 12.5 Å². The van der Waals surface area contributed by atoms with Crippen LogP contribution in [-0.2, 0) is 22.4 Å². The summed E-state index contributed by atoms with van der Waals surface area (Å²) in [5.41, 5.74) is 1.83. The van der Waals surface area contributed by atoms with Crippen molar-refractivity contribution in [1.82, 2.24) is 5.32 Å². The fourth-order valence-corrected chi connectivity index (χ4v) is 2.45. The van der Waals surface area contributed by atoms with E-state index < -0.39 is 5.97 Å². The number of aliphatic carboxylic acids is 1. The Morgan fingerprint density at radius 2 is 1.61 bits per heavy atom. The fraction of sp³-hybridized carbons (Fsp3) is 0.579. The van der Waals surface area contributed by atoms with E-state index in [2.05, 4.69) is 19.2 Å². The van der Waals surface area contributed by atoms with E-state index in [0.717, 1.165) is 24.0 Å². The lowest BCUT2D eigenvalue weighted by Gasteiger charge is -2.24. The Morgan fingerprint density at radius 3 is 2.09 bits per heavy atom. The first kappa shape index (κ1) is 19.4. The molecule has 0 radical (unpaired) electrons. The maximum atomic E-state index is 12.6. The molecular weight excluding hydrogens is 290 g/mol. The Labute approximate surface area is 139 Å². The van der Waals surface area contributed by atoms with Crippen LogP contribution in [0.3, 0.4) is 0 Å². The van der Waals surface area contributed by atoms with E-state index in [1.165, 1.54) is 0 Å². The topological polar surface area (TPSA) is 66.4 Å². The van der Waals surface area contributed by atoms with Gasteiger partial charge in [-0.1, -0.05) is 45.0 Å². The number of hydrogen-bond acceptors (Lipinski definition) is 3. The number of carboxylic acid groups (broad SMARTS) is 1. The molecule has 1 aromatic carbocycles. The molecule has 3 unspecified atom stereocenters. The van der Waals surface area contributed by atoms with Gasteiger partial charge in [0.25, 0.3) is 0 Å². The summed E-state index contributed by atoms with van der Waals surface area (Å²) >= 11 is 0. The SMILES string of the molecule is CCC(C)NC(Cc1ccc(CC(=O)O)cc1)C(=O)C(C)CC. The predicted molar refractivity (Wildman–Crippen MR) is 92.6 cm³/mol. The fourth-order valence-electron chi connectivity index (χ4n) is 2.45. The molecule has 2 N–H and O–H groups in total. The van der Waals surface area contributed by atoms with E-state index in [1.807, 2.05) is 38.1 Å². The van der Waals surface area contributed by atoms with Crippen LogP contribution in [-0.4, -0.2) is 28.9 Å². The number of benzene rings is 1. The van der Waals surface area contributed by atoms with Crippen LogP contribution in [0.5, 0.6) is 0 Å². The second kappa shape index (κ2) is 9.46. The van der Waals surface area contributed by atoms with Crippen LogP contribution in [0.4, 0.5) is 0 Å². The van der Waals surface area contributed by atoms with Crippen molar-refractivity contribution in [3.63, 3.8) is 0 Å². The second-order valence-corrected chi connectivity index (χ2v) is 6.33. The molecule has 128 valence electrons. The van der Waals surface area contributed by atoms with Crippen molar-refractivity contribution in [2.45, 2.75) is 65.5 Å². The molecule has 0 fully saturated rings. The van der Waals surface area contributed by atoms with Crippen molar-refractivity contribution in [2.24, 2.45) is 5.92 Å². The van der Waals surface area contributed by atoms with Gasteiger partial charge in [0.1, 0.15) is 0 Å². The average Bonchev–Trinajstić information content (AvgIpc) is 2.53. The summed E-state index contributed by atoms with van der Waals surface area (Å²) < 4.78 is 0. The summed E-state index contributed by atoms with van der Waals surface area (Å²) in [7, 11) is 0. The molecule has 4 heteroatoms. The smallest absolute Gasteiger partial charge is 0.307 e. The highest BCUT2D eigenvalue weighted by Crippen LogP contribution is 2.13. The number of hydrogen-bond donors (Lipinski definition) is 2. The highest BCUT2D eigenvalue weighted by molar-refractivity contribution is 5.86. The van der Waals surface area contributed by atoms with Crippen LogP contribution in [0.2, 0.25) is 0 Å². The van der Waals surface area contributed by atoms with E-state index in [4.69, 9.17) is 5.11 Å². The van der Waals surface area contributed by atoms with E-state index in [1.54, 1.807) is 0 Å². The Bertz CT molecular complexity index is 510. The molecule has 0 amide bonds. The Balaban J connectivity index is 2.82. The lowest BCUT2D eigenvalue weighted by molar-refractivity contribution is -0.136. The van der Waals surface area contributed by atoms with Gasteiger partial charge in [0.15, 0.2) is 5.78 Å². The van der Waals surface area contributed by atoms with Crippen molar-refractivity contribution >= 4 is 11.8 Å². The van der Waals surface area contributed by atoms with Gasteiger partial charge in [-0.05, 0) is 37.3 Å². The molecule has 0 aliphatic heterocycles. The van der Waals surface area contributed by atoms with Gasteiger partial charge in [-0.2, -0.15) is 0 Å². The number of carboxylic acids is 1. The molecule has 1 aromatic rings. The molecule has 23 heavy (non-hydrogen) atoms. The first-order chi connectivity index (χ1) is 10.9. The summed E-state index contributed by atoms with van der Waals surface area (Å²) in [6.45, 7) is 8.20. The van der Waals surface area contributed by atoms with Crippen molar-refractivity contribution < 1.29 is 14.7 Å². The summed E-state index contributed by atoms with van der Waals surface area (Å²) in [5.74, 6) is -0.536. The zero-order valence-electron chi connectivity index (χ0n) is 14.6. The number of carbonyl (C=O) groups is 2. The third-order valence-corrected chi connectivity index (χ3v) is 4.36. The summed E-state index contributed by atoms with van der Waals surface area (Å²) in [5, 5.41) is 12.2. The van der Waals surface area contributed by atoms with E-state index in [-0.39, 0.29) is 24.2 Å². The summed E-state index contributed by atoms with van der Waals surface area (Å²) in [4.78, 5) is 23.3. The van der Waals surface area contributed by atoms with Crippen molar-refractivity contribution in [3.8, 4) is 0 Å². The number of ketones is 1. The molecule has 0 heterocycles. The first-order valence-electron chi connectivity index (χ1n) is 8.46. The number of rotatable bonds is 10. The highest BCUT2D eigenvalue weighted by Gasteiger charge is 2.24. The van der Waals surface area contributed by atoms with E-state index in [0.29, 0.717) is 12.5 Å². The molecule has 0 aromatic heterocycles. The van der Waals surface area contributed by atoms with Crippen LogP contribution >= 0.6 is 0 Å². The largest absolute Gasteiger partial charge is 0.481 e. The van der Waals surface area contributed by atoms with Gasteiger partial charge in [-0.25, -0.2) is 0 Å². The zero-order valence-corrected chi connectivity index (χ0v) is 14.6. The van der Waals surface area contributed by atoms with Gasteiger partial charge in [0, 0.05) is 12.0 Å². The van der Waals surface area contributed by atoms with Gasteiger partial charge in [-0.15, -0.1) is 0 Å². The molecule has 0 spiro atoms. The molecule has 0 aliphatic rings.